The standard InChI is InChI=1S/C15H14N2O2/c1-19-13-9-5-8-12-14(13)17(15(18)16-12)10-11-6-3-2-4-7-11/h2-9H,10H2,1H3,(H,16,18). The lowest BCUT2D eigenvalue weighted by molar-refractivity contribution is 0.417. The number of rotatable bonds is 3. The summed E-state index contributed by atoms with van der Waals surface area (Å²) in [6, 6.07) is 15.5. The molecule has 0 aliphatic carbocycles. The van der Waals surface area contributed by atoms with Crippen LogP contribution in [0, 0.1) is 0 Å². The Morgan fingerprint density at radius 1 is 1.11 bits per heavy atom. The zero-order chi connectivity index (χ0) is 13.2. The summed E-state index contributed by atoms with van der Waals surface area (Å²) in [6.07, 6.45) is 0. The topological polar surface area (TPSA) is 47.0 Å². The first-order chi connectivity index (χ1) is 9.29. The number of imidazole rings is 1. The van der Waals surface area contributed by atoms with Crippen LogP contribution in [0.25, 0.3) is 11.0 Å². The van der Waals surface area contributed by atoms with Gasteiger partial charge in [-0.2, -0.15) is 0 Å². The molecule has 4 nitrogen and oxygen atoms in total. The maximum absolute atomic E-state index is 12.1. The van der Waals surface area contributed by atoms with E-state index in [2.05, 4.69) is 4.98 Å². The van der Waals surface area contributed by atoms with E-state index in [1.54, 1.807) is 11.7 Å². The molecule has 3 rings (SSSR count). The van der Waals surface area contributed by atoms with Crippen LogP contribution in [0.3, 0.4) is 0 Å². The molecule has 0 saturated heterocycles. The zero-order valence-corrected chi connectivity index (χ0v) is 10.6. The van der Waals surface area contributed by atoms with Gasteiger partial charge in [0.25, 0.3) is 0 Å². The van der Waals surface area contributed by atoms with Gasteiger partial charge in [-0.25, -0.2) is 4.79 Å². The molecule has 0 spiro atoms. The number of hydrogen-bond donors (Lipinski definition) is 1. The van der Waals surface area contributed by atoms with E-state index in [1.165, 1.54) is 0 Å². The number of aromatic amines is 1. The summed E-state index contributed by atoms with van der Waals surface area (Å²) in [7, 11) is 1.61. The largest absolute Gasteiger partial charge is 0.494 e. The second-order valence-corrected chi connectivity index (χ2v) is 4.36. The Hall–Kier alpha value is -2.49. The van der Waals surface area contributed by atoms with Gasteiger partial charge in [0.15, 0.2) is 0 Å². The fraction of sp³-hybridized carbons (Fsp3) is 0.133. The molecule has 0 saturated carbocycles. The number of hydrogen-bond acceptors (Lipinski definition) is 2. The molecule has 2 aromatic carbocycles. The molecule has 1 heterocycles. The predicted molar refractivity (Wildman–Crippen MR) is 74.7 cm³/mol. The van der Waals surface area contributed by atoms with Crippen LogP contribution in [-0.4, -0.2) is 16.7 Å². The fourth-order valence-electron chi connectivity index (χ4n) is 2.27. The summed E-state index contributed by atoms with van der Waals surface area (Å²) in [5.74, 6) is 0.701. The van der Waals surface area contributed by atoms with Crippen molar-refractivity contribution in [2.75, 3.05) is 7.11 Å². The number of fused-ring (bicyclic) bond motifs is 1. The number of methoxy groups -OCH3 is 1. The number of aromatic nitrogens is 2. The third kappa shape index (κ3) is 2.01. The third-order valence-corrected chi connectivity index (χ3v) is 3.16. The van der Waals surface area contributed by atoms with Gasteiger partial charge in [-0.1, -0.05) is 36.4 Å². The van der Waals surface area contributed by atoms with Crippen molar-refractivity contribution in [2.45, 2.75) is 6.54 Å². The van der Waals surface area contributed by atoms with Crippen molar-refractivity contribution >= 4 is 11.0 Å². The second kappa shape index (κ2) is 4.65. The fourth-order valence-corrected chi connectivity index (χ4v) is 2.27. The molecule has 0 aliphatic heterocycles. The summed E-state index contributed by atoms with van der Waals surface area (Å²) in [5, 5.41) is 0. The van der Waals surface area contributed by atoms with Crippen LogP contribution in [0.15, 0.2) is 53.3 Å². The Labute approximate surface area is 110 Å². The van der Waals surface area contributed by atoms with Gasteiger partial charge in [-0.15, -0.1) is 0 Å². The monoisotopic (exact) mass is 254 g/mol. The van der Waals surface area contributed by atoms with Crippen molar-refractivity contribution in [1.29, 1.82) is 0 Å². The van der Waals surface area contributed by atoms with Gasteiger partial charge in [-0.3, -0.25) is 4.57 Å². The van der Waals surface area contributed by atoms with Gasteiger partial charge in [0.2, 0.25) is 0 Å². The van der Waals surface area contributed by atoms with E-state index >= 15 is 0 Å². The van der Waals surface area contributed by atoms with Crippen LogP contribution in [-0.2, 0) is 6.54 Å². The molecule has 0 atom stereocenters. The predicted octanol–water partition coefficient (Wildman–Crippen LogP) is 2.39. The molecule has 19 heavy (non-hydrogen) atoms. The first kappa shape index (κ1) is 11.6. The molecule has 3 aromatic rings. The maximum atomic E-state index is 12.1. The average molecular weight is 254 g/mol. The first-order valence-corrected chi connectivity index (χ1v) is 6.09. The molecule has 1 N–H and O–H groups in total. The van der Waals surface area contributed by atoms with Gasteiger partial charge < -0.3 is 9.72 Å². The van der Waals surface area contributed by atoms with Crippen molar-refractivity contribution in [3.05, 3.63) is 64.6 Å². The molecule has 0 unspecified atom stereocenters. The summed E-state index contributed by atoms with van der Waals surface area (Å²) in [6.45, 7) is 0.528. The van der Waals surface area contributed by atoms with Gasteiger partial charge >= 0.3 is 5.69 Å². The molecule has 0 amide bonds. The Morgan fingerprint density at radius 2 is 1.89 bits per heavy atom. The van der Waals surface area contributed by atoms with Crippen molar-refractivity contribution in [3.63, 3.8) is 0 Å². The van der Waals surface area contributed by atoms with Crippen LogP contribution in [0.5, 0.6) is 5.75 Å². The van der Waals surface area contributed by atoms with Gasteiger partial charge in [-0.05, 0) is 17.7 Å². The number of nitrogens with zero attached hydrogens (tertiary/aromatic N) is 1. The van der Waals surface area contributed by atoms with E-state index in [9.17, 15) is 4.79 Å². The number of nitrogens with one attached hydrogen (secondary N) is 1. The highest BCUT2D eigenvalue weighted by molar-refractivity contribution is 5.82. The SMILES string of the molecule is COc1cccc2[nH]c(=O)n(Cc3ccccc3)c12. The van der Waals surface area contributed by atoms with E-state index in [0.29, 0.717) is 12.3 Å². The normalized spacial score (nSPS) is 10.8. The minimum atomic E-state index is -0.122. The summed E-state index contributed by atoms with van der Waals surface area (Å²) < 4.78 is 7.04. The third-order valence-electron chi connectivity index (χ3n) is 3.16. The summed E-state index contributed by atoms with van der Waals surface area (Å²) in [5.41, 5.74) is 2.55. The van der Waals surface area contributed by atoms with E-state index < -0.39 is 0 Å². The zero-order valence-electron chi connectivity index (χ0n) is 10.6. The number of para-hydroxylation sites is 1. The van der Waals surface area contributed by atoms with Crippen LogP contribution >= 0.6 is 0 Å². The van der Waals surface area contributed by atoms with Crippen molar-refractivity contribution in [2.24, 2.45) is 0 Å². The average Bonchev–Trinajstić information content (AvgIpc) is 2.76. The molecule has 0 fully saturated rings. The van der Waals surface area contributed by atoms with Crippen LogP contribution in [0.2, 0.25) is 0 Å². The lowest BCUT2D eigenvalue weighted by Crippen LogP contribution is -2.17. The van der Waals surface area contributed by atoms with E-state index in [1.807, 2.05) is 48.5 Å². The van der Waals surface area contributed by atoms with Crippen molar-refractivity contribution in [3.8, 4) is 5.75 Å². The van der Waals surface area contributed by atoms with E-state index in [-0.39, 0.29) is 5.69 Å². The van der Waals surface area contributed by atoms with Crippen LogP contribution < -0.4 is 10.4 Å². The van der Waals surface area contributed by atoms with Crippen molar-refractivity contribution in [1.82, 2.24) is 9.55 Å². The van der Waals surface area contributed by atoms with E-state index in [4.69, 9.17) is 4.74 Å². The Kier molecular flexibility index (Phi) is 2.83. The molecular weight excluding hydrogens is 240 g/mol. The quantitative estimate of drug-likeness (QED) is 0.780. The molecule has 0 radical (unpaired) electrons. The molecule has 96 valence electrons. The lowest BCUT2D eigenvalue weighted by Gasteiger charge is -2.07. The summed E-state index contributed by atoms with van der Waals surface area (Å²) in [4.78, 5) is 14.9. The highest BCUT2D eigenvalue weighted by atomic mass is 16.5. The molecule has 0 bridgehead atoms. The minimum absolute atomic E-state index is 0.122. The number of ether oxygens (including phenoxy) is 1. The smallest absolute Gasteiger partial charge is 0.326 e. The highest BCUT2D eigenvalue weighted by Gasteiger charge is 2.11. The molecule has 1 aromatic heterocycles. The van der Waals surface area contributed by atoms with Crippen LogP contribution in [0.4, 0.5) is 0 Å². The first-order valence-electron chi connectivity index (χ1n) is 6.09. The molecule has 4 heteroatoms. The Bertz CT molecular complexity index is 757. The van der Waals surface area contributed by atoms with E-state index in [0.717, 1.165) is 16.6 Å². The van der Waals surface area contributed by atoms with Gasteiger partial charge in [0.05, 0.1) is 19.2 Å². The maximum Gasteiger partial charge on any atom is 0.326 e. The number of benzene rings is 2. The van der Waals surface area contributed by atoms with Gasteiger partial charge in [0, 0.05) is 0 Å². The molecular formula is C15H14N2O2. The lowest BCUT2D eigenvalue weighted by atomic mass is 10.2. The molecule has 0 aliphatic rings. The van der Waals surface area contributed by atoms with Crippen LogP contribution in [0.1, 0.15) is 5.56 Å². The minimum Gasteiger partial charge on any atom is -0.494 e. The van der Waals surface area contributed by atoms with Gasteiger partial charge in [0.1, 0.15) is 11.3 Å². The second-order valence-electron chi connectivity index (χ2n) is 4.36. The Balaban J connectivity index is 2.18. The Morgan fingerprint density at radius 3 is 2.63 bits per heavy atom. The summed E-state index contributed by atoms with van der Waals surface area (Å²) >= 11 is 0. The van der Waals surface area contributed by atoms with Crippen molar-refractivity contribution < 1.29 is 4.74 Å². The highest BCUT2D eigenvalue weighted by Crippen LogP contribution is 2.23. The number of H-pyrrole nitrogens is 1.